The minimum atomic E-state index is -1.78. The SMILES string of the molecule is COC(=O)[C@H]1[C@@H]2C3(C)CCC[C@@]2(OC3=O)[C@@H]2CC[C@]3(O[Si](C)(C)C)C[C@@]21C=C3C. The number of esters is 2. The molecule has 0 aromatic heterocycles. The van der Waals surface area contributed by atoms with E-state index in [0.717, 1.165) is 38.5 Å². The molecule has 5 rings (SSSR count). The van der Waals surface area contributed by atoms with Crippen molar-refractivity contribution in [1.29, 1.82) is 0 Å². The van der Waals surface area contributed by atoms with Crippen LogP contribution < -0.4 is 0 Å². The molecule has 7 atom stereocenters. The van der Waals surface area contributed by atoms with Gasteiger partial charge in [0.05, 0.1) is 24.0 Å². The molecule has 29 heavy (non-hydrogen) atoms. The first kappa shape index (κ1) is 19.8. The second-order valence-corrected chi connectivity index (χ2v) is 15.9. The van der Waals surface area contributed by atoms with E-state index in [9.17, 15) is 9.59 Å². The molecular weight excluding hydrogens is 384 g/mol. The molecule has 1 saturated heterocycles. The lowest BCUT2D eigenvalue weighted by Crippen LogP contribution is -2.51. The standard InChI is InChI=1S/C23H34O5Si/c1-14-12-21-13-22(14,28-29(4,5)6)11-8-15(21)23-10-7-9-20(2,19(25)27-23)17(23)16(21)18(24)26-3/h12,15-17H,7-11,13H2,1-6H3/t15-,16-,17-,20?,21+,22+,23-/m1/s1. The van der Waals surface area contributed by atoms with Crippen LogP contribution >= 0.6 is 0 Å². The van der Waals surface area contributed by atoms with Crippen molar-refractivity contribution < 1.29 is 23.5 Å². The summed E-state index contributed by atoms with van der Waals surface area (Å²) in [5.74, 6) is -0.540. The number of hydrogen-bond donors (Lipinski definition) is 0. The van der Waals surface area contributed by atoms with E-state index in [1.165, 1.54) is 12.7 Å². The summed E-state index contributed by atoms with van der Waals surface area (Å²) in [5.41, 5.74) is -0.447. The maximum Gasteiger partial charge on any atom is 0.312 e. The monoisotopic (exact) mass is 418 g/mol. The van der Waals surface area contributed by atoms with Crippen LogP contribution in [0.25, 0.3) is 0 Å². The molecule has 5 aliphatic rings. The second-order valence-electron chi connectivity index (χ2n) is 11.5. The van der Waals surface area contributed by atoms with Crippen molar-refractivity contribution in [2.75, 3.05) is 7.11 Å². The number of fused-ring (bicyclic) bond motifs is 1. The molecule has 4 fully saturated rings. The van der Waals surface area contributed by atoms with Gasteiger partial charge in [-0.25, -0.2) is 0 Å². The third-order valence-corrected chi connectivity index (χ3v) is 9.97. The predicted octanol–water partition coefficient (Wildman–Crippen LogP) is 4.23. The van der Waals surface area contributed by atoms with Gasteiger partial charge in [-0.2, -0.15) is 0 Å². The Morgan fingerprint density at radius 1 is 1.24 bits per heavy atom. The number of allylic oxidation sites excluding steroid dienone is 1. The van der Waals surface area contributed by atoms with Crippen LogP contribution in [0.15, 0.2) is 11.6 Å². The highest BCUT2D eigenvalue weighted by atomic mass is 28.4. The fourth-order valence-corrected chi connectivity index (χ4v) is 9.87. The number of methoxy groups -OCH3 is 1. The van der Waals surface area contributed by atoms with Crippen LogP contribution in [0.3, 0.4) is 0 Å². The van der Waals surface area contributed by atoms with Gasteiger partial charge in [0.25, 0.3) is 0 Å². The Kier molecular flexibility index (Phi) is 3.79. The lowest BCUT2D eigenvalue weighted by molar-refractivity contribution is -0.161. The fourth-order valence-electron chi connectivity index (χ4n) is 8.36. The number of rotatable bonds is 3. The quantitative estimate of drug-likeness (QED) is 0.390. The third-order valence-electron chi connectivity index (χ3n) is 8.97. The molecule has 6 heteroatoms. The smallest absolute Gasteiger partial charge is 0.312 e. The van der Waals surface area contributed by atoms with Gasteiger partial charge in [0.2, 0.25) is 0 Å². The van der Waals surface area contributed by atoms with Crippen molar-refractivity contribution in [3.63, 3.8) is 0 Å². The molecule has 4 bridgehead atoms. The molecule has 1 heterocycles. The van der Waals surface area contributed by atoms with E-state index >= 15 is 0 Å². The molecule has 1 unspecified atom stereocenters. The van der Waals surface area contributed by atoms with E-state index in [4.69, 9.17) is 13.9 Å². The summed E-state index contributed by atoms with van der Waals surface area (Å²) >= 11 is 0. The van der Waals surface area contributed by atoms with E-state index in [2.05, 4.69) is 32.6 Å². The molecule has 5 nitrogen and oxygen atoms in total. The number of carbonyl (C=O) groups is 2. The molecule has 160 valence electrons. The second kappa shape index (κ2) is 5.55. The van der Waals surface area contributed by atoms with Crippen LogP contribution in [-0.4, -0.2) is 38.6 Å². The predicted molar refractivity (Wildman–Crippen MR) is 110 cm³/mol. The van der Waals surface area contributed by atoms with Gasteiger partial charge in [0, 0.05) is 17.3 Å². The molecule has 3 saturated carbocycles. The highest BCUT2D eigenvalue weighted by Crippen LogP contribution is 2.77. The number of hydrogen-bond acceptors (Lipinski definition) is 5. The van der Waals surface area contributed by atoms with Crippen molar-refractivity contribution in [3.05, 3.63) is 11.6 Å². The maximum atomic E-state index is 13.3. The third kappa shape index (κ3) is 2.20. The Hall–Kier alpha value is -1.14. The van der Waals surface area contributed by atoms with Gasteiger partial charge < -0.3 is 13.9 Å². The molecule has 0 aromatic carbocycles. The highest BCUT2D eigenvalue weighted by molar-refractivity contribution is 6.69. The first-order valence-corrected chi connectivity index (χ1v) is 14.6. The average Bonchev–Trinajstić information content (AvgIpc) is 3.02. The van der Waals surface area contributed by atoms with E-state index in [1.54, 1.807) is 0 Å². The summed E-state index contributed by atoms with van der Waals surface area (Å²) in [5, 5.41) is 0. The minimum absolute atomic E-state index is 0.0986. The Labute approximate surface area is 174 Å². The Morgan fingerprint density at radius 2 is 1.97 bits per heavy atom. The largest absolute Gasteiger partial charge is 0.469 e. The summed E-state index contributed by atoms with van der Waals surface area (Å²) in [7, 11) is -0.302. The summed E-state index contributed by atoms with van der Waals surface area (Å²) in [6.07, 6.45) is 7.71. The minimum Gasteiger partial charge on any atom is -0.469 e. The molecular formula is C23H34O5Si. The Balaban J connectivity index is 1.68. The van der Waals surface area contributed by atoms with Crippen molar-refractivity contribution >= 4 is 20.3 Å². The highest BCUT2D eigenvalue weighted by Gasteiger charge is 2.82. The first-order chi connectivity index (χ1) is 13.4. The zero-order valence-corrected chi connectivity index (χ0v) is 19.6. The summed E-state index contributed by atoms with van der Waals surface area (Å²) in [4.78, 5) is 26.3. The van der Waals surface area contributed by atoms with Crippen LogP contribution in [0.2, 0.25) is 19.6 Å². The molecule has 0 N–H and O–H groups in total. The number of carbonyl (C=O) groups excluding carboxylic acids is 2. The van der Waals surface area contributed by atoms with Crippen LogP contribution in [0.1, 0.15) is 52.4 Å². The van der Waals surface area contributed by atoms with Crippen molar-refractivity contribution in [2.45, 2.75) is 83.2 Å². The van der Waals surface area contributed by atoms with Crippen molar-refractivity contribution in [3.8, 4) is 0 Å². The van der Waals surface area contributed by atoms with Crippen molar-refractivity contribution in [1.82, 2.24) is 0 Å². The Bertz CT molecular complexity index is 830. The first-order valence-electron chi connectivity index (χ1n) is 11.2. The molecule has 0 amide bonds. The van der Waals surface area contributed by atoms with E-state index < -0.39 is 19.3 Å². The molecule has 0 radical (unpaired) electrons. The molecule has 1 aliphatic heterocycles. The summed E-state index contributed by atoms with van der Waals surface area (Å²) < 4.78 is 18.5. The van der Waals surface area contributed by atoms with Gasteiger partial charge in [-0.1, -0.05) is 6.08 Å². The zero-order chi connectivity index (χ0) is 21.0. The summed E-state index contributed by atoms with van der Waals surface area (Å²) in [6, 6.07) is 0. The molecule has 1 spiro atoms. The van der Waals surface area contributed by atoms with Crippen LogP contribution in [0.5, 0.6) is 0 Å². The van der Waals surface area contributed by atoms with Crippen molar-refractivity contribution in [2.24, 2.45) is 28.6 Å². The zero-order valence-electron chi connectivity index (χ0n) is 18.6. The number of ether oxygens (including phenoxy) is 2. The lowest BCUT2D eigenvalue weighted by Gasteiger charge is -2.49. The van der Waals surface area contributed by atoms with Gasteiger partial charge >= 0.3 is 11.9 Å². The average molecular weight is 419 g/mol. The molecule has 0 aromatic rings. The van der Waals surface area contributed by atoms with Crippen LogP contribution in [0, 0.1) is 28.6 Å². The van der Waals surface area contributed by atoms with E-state index in [0.29, 0.717) is 0 Å². The normalized spacial score (nSPS) is 49.9. The van der Waals surface area contributed by atoms with Gasteiger partial charge in [-0.05, 0) is 77.6 Å². The van der Waals surface area contributed by atoms with Crippen LogP contribution in [-0.2, 0) is 23.5 Å². The maximum absolute atomic E-state index is 13.3. The Morgan fingerprint density at radius 3 is 2.62 bits per heavy atom. The molecule has 4 aliphatic carbocycles. The van der Waals surface area contributed by atoms with Gasteiger partial charge in [-0.3, -0.25) is 9.59 Å². The fraction of sp³-hybridized carbons (Fsp3) is 0.826. The lowest BCUT2D eigenvalue weighted by atomic mass is 9.60. The van der Waals surface area contributed by atoms with E-state index in [1.807, 2.05) is 6.92 Å². The summed E-state index contributed by atoms with van der Waals surface area (Å²) in [6.45, 7) is 10.9. The van der Waals surface area contributed by atoms with Crippen LogP contribution in [0.4, 0.5) is 0 Å². The van der Waals surface area contributed by atoms with E-state index in [-0.39, 0.29) is 40.7 Å². The van der Waals surface area contributed by atoms with Gasteiger partial charge in [0.1, 0.15) is 5.60 Å². The van der Waals surface area contributed by atoms with Gasteiger partial charge in [0.15, 0.2) is 8.32 Å². The van der Waals surface area contributed by atoms with Gasteiger partial charge in [-0.15, -0.1) is 0 Å². The topological polar surface area (TPSA) is 61.8 Å².